The van der Waals surface area contributed by atoms with E-state index < -0.39 is 0 Å². The molecule has 1 aromatic heterocycles. The van der Waals surface area contributed by atoms with E-state index in [9.17, 15) is 0 Å². The van der Waals surface area contributed by atoms with E-state index in [0.29, 0.717) is 11.3 Å². The second-order valence-corrected chi connectivity index (χ2v) is 9.38. The van der Waals surface area contributed by atoms with Crippen molar-refractivity contribution < 1.29 is 0 Å². The van der Waals surface area contributed by atoms with Gasteiger partial charge in [0.25, 0.3) is 0 Å². The highest BCUT2D eigenvalue weighted by molar-refractivity contribution is 8.00. The molecule has 1 aromatic rings. The number of thioether (sulfide) groups is 1. The van der Waals surface area contributed by atoms with Gasteiger partial charge >= 0.3 is 0 Å². The molecule has 1 N–H and O–H groups in total. The number of nitrogens with zero attached hydrogens (tertiary/aromatic N) is 2. The van der Waals surface area contributed by atoms with E-state index in [2.05, 4.69) is 63.5 Å². The van der Waals surface area contributed by atoms with Gasteiger partial charge in [-0.1, -0.05) is 13.8 Å². The van der Waals surface area contributed by atoms with Crippen LogP contribution in [0.15, 0.2) is 0 Å². The van der Waals surface area contributed by atoms with Crippen molar-refractivity contribution in [2.24, 2.45) is 0 Å². The van der Waals surface area contributed by atoms with Crippen molar-refractivity contribution in [2.45, 2.75) is 71.3 Å². The number of nitrogens with one attached hydrogen (secondary N) is 1. The third-order valence-electron chi connectivity index (χ3n) is 4.01. The van der Waals surface area contributed by atoms with Crippen LogP contribution in [0, 0.1) is 0 Å². The maximum Gasteiger partial charge on any atom is 0.186 e. The van der Waals surface area contributed by atoms with Gasteiger partial charge in [0, 0.05) is 40.6 Å². The second-order valence-electron chi connectivity index (χ2n) is 6.83. The number of thiazole rings is 1. The van der Waals surface area contributed by atoms with Crippen molar-refractivity contribution >= 4 is 28.2 Å². The van der Waals surface area contributed by atoms with Gasteiger partial charge in [-0.2, -0.15) is 11.8 Å². The maximum atomic E-state index is 4.93. The topological polar surface area (TPSA) is 28.2 Å². The molecule has 3 nitrogen and oxygen atoms in total. The van der Waals surface area contributed by atoms with Gasteiger partial charge in [0.15, 0.2) is 5.13 Å². The highest BCUT2D eigenvalue weighted by atomic mass is 32.2. The Morgan fingerprint density at radius 2 is 2.05 bits per heavy atom. The Labute approximate surface area is 137 Å². The molecule has 0 saturated carbocycles. The number of hydrogen-bond acceptors (Lipinski definition) is 5. The molecule has 5 heteroatoms. The van der Waals surface area contributed by atoms with Crippen LogP contribution in [-0.4, -0.2) is 34.1 Å². The van der Waals surface area contributed by atoms with Crippen molar-refractivity contribution in [3.05, 3.63) is 10.6 Å². The SMILES string of the molecule is CCc1nc(N2CCSC(C)C2C)sc1CNC(C)(C)C. The summed E-state index contributed by atoms with van der Waals surface area (Å²) in [4.78, 5) is 8.84. The average Bonchev–Trinajstić information content (AvgIpc) is 2.82. The van der Waals surface area contributed by atoms with E-state index in [1.54, 1.807) is 0 Å². The smallest absolute Gasteiger partial charge is 0.186 e. The van der Waals surface area contributed by atoms with Gasteiger partial charge in [0.05, 0.1) is 5.69 Å². The molecule has 21 heavy (non-hydrogen) atoms. The first-order valence-corrected chi connectivity index (χ1v) is 9.80. The summed E-state index contributed by atoms with van der Waals surface area (Å²) in [5.41, 5.74) is 1.42. The zero-order valence-corrected chi connectivity index (χ0v) is 15.8. The molecular weight excluding hydrogens is 298 g/mol. The van der Waals surface area contributed by atoms with Gasteiger partial charge in [-0.3, -0.25) is 0 Å². The zero-order valence-electron chi connectivity index (χ0n) is 14.2. The van der Waals surface area contributed by atoms with Crippen LogP contribution in [0.2, 0.25) is 0 Å². The Bertz CT molecular complexity index is 465. The van der Waals surface area contributed by atoms with Crippen LogP contribution >= 0.6 is 23.1 Å². The fraction of sp³-hybridized carbons (Fsp3) is 0.812. The quantitative estimate of drug-likeness (QED) is 0.907. The Morgan fingerprint density at radius 3 is 2.67 bits per heavy atom. The van der Waals surface area contributed by atoms with E-state index in [1.165, 1.54) is 21.5 Å². The van der Waals surface area contributed by atoms with Crippen LogP contribution in [0.25, 0.3) is 0 Å². The van der Waals surface area contributed by atoms with Crippen LogP contribution in [-0.2, 0) is 13.0 Å². The first-order valence-electron chi connectivity index (χ1n) is 7.93. The number of aryl methyl sites for hydroxylation is 1. The van der Waals surface area contributed by atoms with Crippen LogP contribution in [0.4, 0.5) is 5.13 Å². The van der Waals surface area contributed by atoms with E-state index in [4.69, 9.17) is 4.98 Å². The lowest BCUT2D eigenvalue weighted by Gasteiger charge is -2.37. The van der Waals surface area contributed by atoms with Gasteiger partial charge < -0.3 is 10.2 Å². The number of aromatic nitrogens is 1. The van der Waals surface area contributed by atoms with Crippen molar-refractivity contribution in [1.29, 1.82) is 0 Å². The normalized spacial score (nSPS) is 23.6. The molecule has 0 spiro atoms. The molecule has 1 aliphatic heterocycles. The molecular formula is C16H29N3S2. The summed E-state index contributed by atoms with van der Waals surface area (Å²) < 4.78 is 0. The van der Waals surface area contributed by atoms with E-state index >= 15 is 0 Å². The molecule has 2 rings (SSSR count). The number of hydrogen-bond donors (Lipinski definition) is 1. The highest BCUT2D eigenvalue weighted by Gasteiger charge is 2.28. The van der Waals surface area contributed by atoms with E-state index in [1.807, 2.05) is 11.3 Å². The molecule has 0 amide bonds. The van der Waals surface area contributed by atoms with E-state index in [0.717, 1.165) is 19.5 Å². The van der Waals surface area contributed by atoms with Gasteiger partial charge in [-0.15, -0.1) is 11.3 Å². The molecule has 0 aromatic carbocycles. The summed E-state index contributed by atoms with van der Waals surface area (Å²) in [5, 5.41) is 5.50. The zero-order chi connectivity index (χ0) is 15.6. The molecule has 120 valence electrons. The van der Waals surface area contributed by atoms with Gasteiger partial charge in [-0.25, -0.2) is 4.98 Å². The van der Waals surface area contributed by atoms with Crippen LogP contribution in [0.1, 0.15) is 52.1 Å². The van der Waals surface area contributed by atoms with Crippen molar-refractivity contribution in [2.75, 3.05) is 17.2 Å². The summed E-state index contributed by atoms with van der Waals surface area (Å²) in [7, 11) is 0. The Morgan fingerprint density at radius 1 is 1.33 bits per heavy atom. The summed E-state index contributed by atoms with van der Waals surface area (Å²) >= 11 is 3.96. The molecule has 2 atom stereocenters. The average molecular weight is 328 g/mol. The molecule has 1 fully saturated rings. The molecule has 1 aliphatic rings. The third-order valence-corrected chi connectivity index (χ3v) is 6.48. The first kappa shape index (κ1) is 17.1. The molecule has 2 unspecified atom stereocenters. The minimum Gasteiger partial charge on any atom is -0.343 e. The Balaban J connectivity index is 2.16. The standard InChI is InChI=1S/C16H29N3S2/c1-7-13-14(10-17-16(4,5)6)21-15(18-13)19-8-9-20-12(3)11(19)2/h11-12,17H,7-10H2,1-6H3. The van der Waals surface area contributed by atoms with Crippen molar-refractivity contribution in [1.82, 2.24) is 10.3 Å². The number of anilines is 1. The predicted molar refractivity (Wildman–Crippen MR) is 96.8 cm³/mol. The van der Waals surface area contributed by atoms with E-state index in [-0.39, 0.29) is 5.54 Å². The number of rotatable bonds is 4. The van der Waals surface area contributed by atoms with Crippen LogP contribution < -0.4 is 10.2 Å². The molecule has 0 aliphatic carbocycles. The minimum atomic E-state index is 0.152. The maximum absolute atomic E-state index is 4.93. The van der Waals surface area contributed by atoms with Crippen LogP contribution in [0.3, 0.4) is 0 Å². The Kier molecular flexibility index (Phi) is 5.60. The first-order chi connectivity index (χ1) is 9.81. The van der Waals surface area contributed by atoms with Gasteiger partial charge in [-0.05, 0) is 34.1 Å². The summed E-state index contributed by atoms with van der Waals surface area (Å²) in [5.74, 6) is 1.21. The molecule has 0 radical (unpaired) electrons. The lowest BCUT2D eigenvalue weighted by atomic mass is 10.1. The monoisotopic (exact) mass is 327 g/mol. The largest absolute Gasteiger partial charge is 0.343 e. The van der Waals surface area contributed by atoms with Gasteiger partial charge in [0.1, 0.15) is 0 Å². The highest BCUT2D eigenvalue weighted by Crippen LogP contribution is 2.33. The third kappa shape index (κ3) is 4.36. The fourth-order valence-corrected chi connectivity index (χ4v) is 4.76. The summed E-state index contributed by atoms with van der Waals surface area (Å²) in [6, 6.07) is 0.572. The lowest BCUT2D eigenvalue weighted by molar-refractivity contribution is 0.425. The van der Waals surface area contributed by atoms with Gasteiger partial charge in [0.2, 0.25) is 0 Å². The van der Waals surface area contributed by atoms with Crippen LogP contribution in [0.5, 0.6) is 0 Å². The summed E-state index contributed by atoms with van der Waals surface area (Å²) in [6.45, 7) is 15.6. The molecule has 0 bridgehead atoms. The fourth-order valence-electron chi connectivity index (χ4n) is 2.46. The Hall–Kier alpha value is -0.260. The second kappa shape index (κ2) is 6.88. The van der Waals surface area contributed by atoms with Crippen molar-refractivity contribution in [3.63, 3.8) is 0 Å². The predicted octanol–water partition coefficient (Wildman–Crippen LogP) is 3.92. The minimum absolute atomic E-state index is 0.152. The molecule has 1 saturated heterocycles. The van der Waals surface area contributed by atoms with Crippen molar-refractivity contribution in [3.8, 4) is 0 Å². The lowest BCUT2D eigenvalue weighted by Crippen LogP contribution is -2.44. The summed E-state index contributed by atoms with van der Waals surface area (Å²) in [6.07, 6.45) is 1.02. The molecule has 2 heterocycles.